The van der Waals surface area contributed by atoms with Crippen molar-refractivity contribution in [2.75, 3.05) is 0 Å². The van der Waals surface area contributed by atoms with E-state index in [1.165, 1.54) is 60.0 Å². The van der Waals surface area contributed by atoms with Gasteiger partial charge in [-0.15, -0.1) is 0 Å². The molecule has 0 aliphatic rings. The molecule has 4 aromatic heterocycles. The average Bonchev–Trinajstić information content (AvgIpc) is 1.01. The molecule has 0 atom stereocenters. The molecule has 4 heterocycles. The summed E-state index contributed by atoms with van der Waals surface area (Å²) < 4.78 is 27.8. The Morgan fingerprint density at radius 2 is 0.410 bits per heavy atom. The van der Waals surface area contributed by atoms with Gasteiger partial charge >= 0.3 is 0 Å². The molecule has 0 aliphatic carbocycles. The Morgan fingerprint density at radius 1 is 0.140 bits per heavy atom. The lowest BCUT2D eigenvalue weighted by molar-refractivity contribution is 0.669. The smallest absolute Gasteiger partial charge is 0.143 e. The Kier molecular flexibility index (Phi) is 11.6. The number of hydrogen-bond donors (Lipinski definition) is 0. The minimum absolute atomic E-state index is 0.831. The van der Waals surface area contributed by atoms with Crippen molar-refractivity contribution in [2.45, 2.75) is 0 Å². The standard InChI is InChI=1S/C96H54O4/c1-2-22-59-55(19-1)20-9-26-61(59)63-28-11-32-71-83(63)53-84-64(29-12-33-72(84)91(71)81-42-17-40-78-68-24-4-7-45-88(68)98-95(78)81)62-27-10-21-58-51-56(47-49-60(58)62)57-48-50-70-80-39-16-37-76(94(80)100-90(70)52-57)66-31-14-35-74-86(66)54-85-65(75-36-15-38-77-67-23-3-6-44-87(67)97-93(75)77)30-13-34-73(85)92(74)82-43-18-41-79-69-25-5-8-46-89(69)99-96(79)82/h1-54H. The number of para-hydroxylation sites is 7. The quantitative estimate of drug-likeness (QED) is 0.149. The van der Waals surface area contributed by atoms with Crippen LogP contribution in [0.1, 0.15) is 0 Å². The van der Waals surface area contributed by atoms with Crippen molar-refractivity contribution in [2.24, 2.45) is 0 Å². The van der Waals surface area contributed by atoms with Gasteiger partial charge in [-0.1, -0.05) is 279 Å². The fraction of sp³-hybridized carbons (Fsp3) is 0. The molecule has 18 aromatic carbocycles. The molecule has 4 heteroatoms. The molecule has 0 radical (unpaired) electrons. The summed E-state index contributed by atoms with van der Waals surface area (Å²) in [6, 6.07) is 119. The molecule has 0 amide bonds. The van der Waals surface area contributed by atoms with Gasteiger partial charge in [0.2, 0.25) is 0 Å². The van der Waals surface area contributed by atoms with Crippen molar-refractivity contribution in [3.8, 4) is 77.9 Å². The van der Waals surface area contributed by atoms with Gasteiger partial charge in [-0.25, -0.2) is 0 Å². The van der Waals surface area contributed by atoms with E-state index in [9.17, 15) is 0 Å². The molecule has 0 aliphatic heterocycles. The lowest BCUT2D eigenvalue weighted by atomic mass is 9.84. The molecular formula is C96H54O4. The highest BCUT2D eigenvalue weighted by molar-refractivity contribution is 6.27. The lowest BCUT2D eigenvalue weighted by Crippen LogP contribution is -1.92. The van der Waals surface area contributed by atoms with Crippen LogP contribution in [-0.4, -0.2) is 0 Å². The summed E-state index contributed by atoms with van der Waals surface area (Å²) in [6.45, 7) is 0. The van der Waals surface area contributed by atoms with Gasteiger partial charge in [-0.2, -0.15) is 0 Å². The Labute approximate surface area is 572 Å². The fourth-order valence-corrected chi connectivity index (χ4v) is 17.0. The lowest BCUT2D eigenvalue weighted by Gasteiger charge is -2.19. The van der Waals surface area contributed by atoms with Crippen molar-refractivity contribution in [3.63, 3.8) is 0 Å². The zero-order valence-electron chi connectivity index (χ0n) is 53.8. The SMILES string of the molecule is c1ccc2c(-c3cccc4c(-c5cccc6c5oc5ccccc56)c5cccc(-c6cccc7cc(-c8ccc9c(c8)oc8c(-c%10cccc%11c(-c%12cccc%13c%12oc%12ccccc%12%13)c%12cccc(-c%13cccc%14c%13oc%13ccccc%13%14)c%12cc%10%11)cccc89)ccc67)c5cc34)cccc2c1. The van der Waals surface area contributed by atoms with E-state index in [0.29, 0.717) is 0 Å². The predicted octanol–water partition coefficient (Wildman–Crippen LogP) is 27.9. The van der Waals surface area contributed by atoms with E-state index in [1.807, 2.05) is 12.1 Å². The molecule has 0 spiro atoms. The third-order valence-corrected chi connectivity index (χ3v) is 21.5. The van der Waals surface area contributed by atoms with E-state index in [4.69, 9.17) is 17.7 Å². The van der Waals surface area contributed by atoms with Crippen LogP contribution in [0.2, 0.25) is 0 Å². The first-order valence-electron chi connectivity index (χ1n) is 34.3. The molecule has 462 valence electrons. The van der Waals surface area contributed by atoms with E-state index >= 15 is 0 Å². The summed E-state index contributed by atoms with van der Waals surface area (Å²) >= 11 is 0. The van der Waals surface area contributed by atoms with Crippen LogP contribution < -0.4 is 0 Å². The normalized spacial score (nSPS) is 12.2. The number of benzene rings is 18. The van der Waals surface area contributed by atoms with Crippen molar-refractivity contribution in [1.29, 1.82) is 0 Å². The van der Waals surface area contributed by atoms with Crippen LogP contribution in [-0.2, 0) is 0 Å². The summed E-state index contributed by atoms with van der Waals surface area (Å²) in [4.78, 5) is 0. The molecule has 0 saturated carbocycles. The second-order valence-corrected chi connectivity index (χ2v) is 26.7. The van der Waals surface area contributed by atoms with E-state index in [1.54, 1.807) is 0 Å². The van der Waals surface area contributed by atoms with Crippen LogP contribution in [0, 0.1) is 0 Å². The molecule has 22 rings (SSSR count). The Hall–Kier alpha value is -13.3. The fourth-order valence-electron chi connectivity index (χ4n) is 17.0. The maximum Gasteiger partial charge on any atom is 0.143 e. The van der Waals surface area contributed by atoms with Gasteiger partial charge in [-0.05, 0) is 158 Å². The number of hydrogen-bond acceptors (Lipinski definition) is 4. The van der Waals surface area contributed by atoms with Gasteiger partial charge in [0.15, 0.2) is 0 Å². The molecule has 0 N–H and O–H groups in total. The molecule has 100 heavy (non-hydrogen) atoms. The first-order valence-corrected chi connectivity index (χ1v) is 34.3. The van der Waals surface area contributed by atoms with E-state index in [-0.39, 0.29) is 0 Å². The summed E-state index contributed by atoms with van der Waals surface area (Å²) in [7, 11) is 0. The third kappa shape index (κ3) is 7.98. The van der Waals surface area contributed by atoms with Gasteiger partial charge in [0.1, 0.15) is 44.7 Å². The largest absolute Gasteiger partial charge is 0.455 e. The highest BCUT2D eigenvalue weighted by atomic mass is 16.3. The first kappa shape index (κ1) is 54.9. The predicted molar refractivity (Wildman–Crippen MR) is 419 cm³/mol. The molecule has 4 nitrogen and oxygen atoms in total. The van der Waals surface area contributed by atoms with E-state index in [0.717, 1.165) is 170 Å². The molecule has 0 bridgehead atoms. The van der Waals surface area contributed by atoms with E-state index in [2.05, 4.69) is 315 Å². The molecule has 0 saturated heterocycles. The van der Waals surface area contributed by atoms with Gasteiger partial charge in [-0.3, -0.25) is 0 Å². The highest BCUT2D eigenvalue weighted by Gasteiger charge is 2.26. The maximum atomic E-state index is 7.25. The highest BCUT2D eigenvalue weighted by Crippen LogP contribution is 2.52. The molecule has 22 aromatic rings. The minimum Gasteiger partial charge on any atom is -0.455 e. The van der Waals surface area contributed by atoms with Crippen molar-refractivity contribution in [1.82, 2.24) is 0 Å². The monoisotopic (exact) mass is 1270 g/mol. The second-order valence-electron chi connectivity index (χ2n) is 26.7. The molecular weight excluding hydrogens is 1220 g/mol. The van der Waals surface area contributed by atoms with Gasteiger partial charge in [0, 0.05) is 76.5 Å². The third-order valence-electron chi connectivity index (χ3n) is 21.5. The molecule has 0 unspecified atom stereocenters. The van der Waals surface area contributed by atoms with Gasteiger partial charge < -0.3 is 17.7 Å². The van der Waals surface area contributed by atoms with Crippen LogP contribution in [0.15, 0.2) is 345 Å². The van der Waals surface area contributed by atoms with Gasteiger partial charge in [0.25, 0.3) is 0 Å². The minimum atomic E-state index is 0.831. The summed E-state index contributed by atoms with van der Waals surface area (Å²) in [6.07, 6.45) is 0. The van der Waals surface area contributed by atoms with Crippen LogP contribution in [0.25, 0.3) is 230 Å². The van der Waals surface area contributed by atoms with Crippen LogP contribution in [0.4, 0.5) is 0 Å². The first-order chi connectivity index (χ1) is 49.6. The second kappa shape index (κ2) is 21.1. The van der Waals surface area contributed by atoms with Crippen molar-refractivity contribution in [3.05, 3.63) is 328 Å². The van der Waals surface area contributed by atoms with Crippen LogP contribution >= 0.6 is 0 Å². The Morgan fingerprint density at radius 3 is 0.860 bits per heavy atom. The summed E-state index contributed by atoms with van der Waals surface area (Å²) in [5.74, 6) is 0. The summed E-state index contributed by atoms with van der Waals surface area (Å²) in [5.41, 5.74) is 22.5. The number of furan rings is 4. The topological polar surface area (TPSA) is 52.6 Å². The number of rotatable bonds is 7. The van der Waals surface area contributed by atoms with Gasteiger partial charge in [0.05, 0.1) is 0 Å². The Balaban J connectivity index is 0.701. The summed E-state index contributed by atoms with van der Waals surface area (Å²) in [5, 5.41) is 22.7. The zero-order chi connectivity index (χ0) is 65.3. The zero-order valence-corrected chi connectivity index (χ0v) is 53.8. The van der Waals surface area contributed by atoms with Crippen LogP contribution in [0.3, 0.4) is 0 Å². The van der Waals surface area contributed by atoms with Crippen molar-refractivity contribution >= 4 is 152 Å². The number of fused-ring (bicyclic) bond motifs is 18. The van der Waals surface area contributed by atoms with Crippen molar-refractivity contribution < 1.29 is 17.7 Å². The van der Waals surface area contributed by atoms with Crippen LogP contribution in [0.5, 0.6) is 0 Å². The maximum absolute atomic E-state index is 7.25. The Bertz CT molecular complexity index is 7290. The average molecular weight is 1270 g/mol. The van der Waals surface area contributed by atoms with E-state index < -0.39 is 0 Å². The molecule has 0 fully saturated rings.